The molecule has 1 aromatic carbocycles. The number of fused-ring (bicyclic) bond motifs is 5. The van der Waals surface area contributed by atoms with Crippen molar-refractivity contribution in [1.29, 1.82) is 0 Å². The van der Waals surface area contributed by atoms with E-state index in [1.807, 2.05) is 36.1 Å². The average molecular weight is 398 g/mol. The molecule has 2 aromatic heterocycles. The van der Waals surface area contributed by atoms with Gasteiger partial charge in [0.2, 0.25) is 6.41 Å². The fraction of sp³-hybridized carbons (Fsp3) is 0.263. The fourth-order valence-corrected chi connectivity index (χ4v) is 5.44. The van der Waals surface area contributed by atoms with Gasteiger partial charge in [-0.15, -0.1) is 21.5 Å². The third kappa shape index (κ3) is 2.53. The Morgan fingerprint density at radius 2 is 2.11 bits per heavy atom. The van der Waals surface area contributed by atoms with Crippen LogP contribution in [0.5, 0.6) is 0 Å². The van der Waals surface area contributed by atoms with Gasteiger partial charge in [-0.05, 0) is 25.0 Å². The quantitative estimate of drug-likeness (QED) is 0.624. The molecule has 0 radical (unpaired) electrons. The highest BCUT2D eigenvalue weighted by Crippen LogP contribution is 2.40. The van der Waals surface area contributed by atoms with Crippen LogP contribution in [0.2, 0.25) is 5.02 Å². The van der Waals surface area contributed by atoms with Crippen molar-refractivity contribution in [3.05, 3.63) is 62.5 Å². The standard InChI is InChI=1S/C19H16ClN5OS/c1-11-22-23-16-8-21-18(12-4-2-3-5-14(12)20)17-13-6-7-24(10-26)9-15(13)27-19(17)25(11)16/h2-5,10H,6-9H2,1H3. The summed E-state index contributed by atoms with van der Waals surface area (Å²) in [7, 11) is 0. The second kappa shape index (κ2) is 6.28. The number of thiophene rings is 1. The Balaban J connectivity index is 1.79. The molecule has 0 saturated heterocycles. The number of benzene rings is 1. The number of halogens is 1. The molecular formula is C19H16ClN5OS. The SMILES string of the molecule is Cc1nnc2n1-c1sc3c(c1C(c1ccccc1Cl)=NC2)CCN(C=O)C3. The van der Waals surface area contributed by atoms with Crippen molar-refractivity contribution >= 4 is 35.1 Å². The summed E-state index contributed by atoms with van der Waals surface area (Å²) in [6.45, 7) is 3.75. The van der Waals surface area contributed by atoms with Gasteiger partial charge in [0, 0.05) is 27.6 Å². The molecule has 6 nitrogen and oxygen atoms in total. The maximum atomic E-state index is 11.3. The highest BCUT2D eigenvalue weighted by atomic mass is 35.5. The predicted octanol–water partition coefficient (Wildman–Crippen LogP) is 3.16. The number of hydrogen-bond donors (Lipinski definition) is 0. The minimum absolute atomic E-state index is 0.456. The minimum Gasteiger partial charge on any atom is -0.340 e. The van der Waals surface area contributed by atoms with Crippen molar-refractivity contribution in [2.24, 2.45) is 4.99 Å². The maximum Gasteiger partial charge on any atom is 0.210 e. The van der Waals surface area contributed by atoms with E-state index in [4.69, 9.17) is 16.6 Å². The summed E-state index contributed by atoms with van der Waals surface area (Å²) >= 11 is 8.22. The molecular weight excluding hydrogens is 382 g/mol. The molecule has 2 aliphatic rings. The lowest BCUT2D eigenvalue weighted by atomic mass is 9.95. The topological polar surface area (TPSA) is 63.4 Å². The summed E-state index contributed by atoms with van der Waals surface area (Å²) in [5.41, 5.74) is 4.19. The molecule has 0 unspecified atom stereocenters. The van der Waals surface area contributed by atoms with Gasteiger partial charge >= 0.3 is 0 Å². The second-order valence-corrected chi connectivity index (χ2v) is 8.14. The van der Waals surface area contributed by atoms with Crippen LogP contribution in [0.3, 0.4) is 0 Å². The molecule has 8 heteroatoms. The first kappa shape index (κ1) is 16.6. The minimum atomic E-state index is 0.456. The van der Waals surface area contributed by atoms with Crippen LogP contribution >= 0.6 is 22.9 Å². The van der Waals surface area contributed by atoms with Crippen molar-refractivity contribution in [1.82, 2.24) is 19.7 Å². The molecule has 0 saturated carbocycles. The van der Waals surface area contributed by atoms with Crippen LogP contribution < -0.4 is 0 Å². The van der Waals surface area contributed by atoms with Crippen LogP contribution in [0.4, 0.5) is 0 Å². The van der Waals surface area contributed by atoms with Crippen molar-refractivity contribution in [3.8, 4) is 5.00 Å². The first-order chi connectivity index (χ1) is 13.2. The van der Waals surface area contributed by atoms with Gasteiger partial charge in [-0.1, -0.05) is 29.8 Å². The van der Waals surface area contributed by atoms with Gasteiger partial charge in [0.25, 0.3) is 0 Å². The molecule has 1 amide bonds. The summed E-state index contributed by atoms with van der Waals surface area (Å²) in [6.07, 6.45) is 1.73. The Morgan fingerprint density at radius 3 is 2.93 bits per heavy atom. The van der Waals surface area contributed by atoms with E-state index in [-0.39, 0.29) is 0 Å². The zero-order valence-corrected chi connectivity index (χ0v) is 16.2. The number of aryl methyl sites for hydroxylation is 1. The first-order valence-corrected chi connectivity index (χ1v) is 9.91. The van der Waals surface area contributed by atoms with E-state index in [0.29, 0.717) is 24.7 Å². The van der Waals surface area contributed by atoms with Crippen LogP contribution in [0.15, 0.2) is 29.3 Å². The van der Waals surface area contributed by atoms with E-state index in [0.717, 1.165) is 46.3 Å². The molecule has 0 atom stereocenters. The normalized spacial score (nSPS) is 15.5. The van der Waals surface area contributed by atoms with E-state index in [2.05, 4.69) is 14.8 Å². The Labute approximate surface area is 165 Å². The first-order valence-electron chi connectivity index (χ1n) is 8.72. The highest BCUT2D eigenvalue weighted by Gasteiger charge is 2.31. The van der Waals surface area contributed by atoms with E-state index in [1.54, 1.807) is 11.3 Å². The number of amides is 1. The van der Waals surface area contributed by atoms with E-state index < -0.39 is 0 Å². The molecule has 0 spiro atoms. The Hall–Kier alpha value is -2.51. The molecule has 0 bridgehead atoms. The predicted molar refractivity (Wildman–Crippen MR) is 105 cm³/mol. The highest BCUT2D eigenvalue weighted by molar-refractivity contribution is 7.15. The molecule has 0 fully saturated rings. The van der Waals surface area contributed by atoms with Crippen molar-refractivity contribution < 1.29 is 4.79 Å². The number of nitrogens with zero attached hydrogens (tertiary/aromatic N) is 5. The van der Waals surface area contributed by atoms with Gasteiger partial charge in [0.05, 0.1) is 12.3 Å². The van der Waals surface area contributed by atoms with Gasteiger partial charge in [0.15, 0.2) is 5.82 Å². The summed E-state index contributed by atoms with van der Waals surface area (Å²) in [6, 6.07) is 7.80. The third-order valence-corrected chi connectivity index (χ3v) is 6.59. The van der Waals surface area contributed by atoms with Crippen LogP contribution in [0, 0.1) is 6.92 Å². The number of aromatic nitrogens is 3. The van der Waals surface area contributed by atoms with Crippen molar-refractivity contribution in [2.75, 3.05) is 6.54 Å². The molecule has 0 aliphatic carbocycles. The molecule has 2 aliphatic heterocycles. The van der Waals surface area contributed by atoms with Gasteiger partial charge < -0.3 is 4.90 Å². The monoisotopic (exact) mass is 397 g/mol. The molecule has 27 heavy (non-hydrogen) atoms. The van der Waals surface area contributed by atoms with Crippen LogP contribution in [-0.2, 0) is 24.3 Å². The Kier molecular flexibility index (Phi) is 3.87. The van der Waals surface area contributed by atoms with Crippen LogP contribution in [0.1, 0.15) is 33.2 Å². The number of carbonyl (C=O) groups is 1. The summed E-state index contributed by atoms with van der Waals surface area (Å²) in [5, 5.41) is 10.3. The Morgan fingerprint density at radius 1 is 1.26 bits per heavy atom. The lowest BCUT2D eigenvalue weighted by Crippen LogP contribution is -2.28. The fourth-order valence-electron chi connectivity index (χ4n) is 3.78. The summed E-state index contributed by atoms with van der Waals surface area (Å²) < 4.78 is 2.09. The van der Waals surface area contributed by atoms with E-state index >= 15 is 0 Å². The maximum absolute atomic E-state index is 11.3. The van der Waals surface area contributed by atoms with Crippen molar-refractivity contribution in [3.63, 3.8) is 0 Å². The van der Waals surface area contributed by atoms with Crippen molar-refractivity contribution in [2.45, 2.75) is 26.4 Å². The molecule has 3 aromatic rings. The molecule has 4 heterocycles. The number of aliphatic imine (C=N–C) groups is 1. The van der Waals surface area contributed by atoms with Gasteiger partial charge in [-0.25, -0.2) is 0 Å². The molecule has 0 N–H and O–H groups in total. The van der Waals surface area contributed by atoms with Crippen LogP contribution in [0.25, 0.3) is 5.00 Å². The summed E-state index contributed by atoms with van der Waals surface area (Å²) in [5.74, 6) is 1.66. The summed E-state index contributed by atoms with van der Waals surface area (Å²) in [4.78, 5) is 19.2. The smallest absolute Gasteiger partial charge is 0.210 e. The zero-order chi connectivity index (χ0) is 18.5. The largest absolute Gasteiger partial charge is 0.340 e. The number of hydrogen-bond acceptors (Lipinski definition) is 5. The Bertz CT molecular complexity index is 1100. The zero-order valence-electron chi connectivity index (χ0n) is 14.6. The molecule has 136 valence electrons. The third-order valence-electron chi connectivity index (χ3n) is 5.06. The second-order valence-electron chi connectivity index (χ2n) is 6.65. The van der Waals surface area contributed by atoms with E-state index in [9.17, 15) is 4.79 Å². The molecule has 5 rings (SSSR count). The van der Waals surface area contributed by atoms with E-state index in [1.165, 1.54) is 10.4 Å². The van der Waals surface area contributed by atoms with Crippen LogP contribution in [-0.4, -0.2) is 38.3 Å². The van der Waals surface area contributed by atoms with Gasteiger partial charge in [0.1, 0.15) is 17.4 Å². The lowest BCUT2D eigenvalue weighted by molar-refractivity contribution is -0.118. The average Bonchev–Trinajstić information content (AvgIpc) is 3.18. The number of carbonyl (C=O) groups excluding carboxylic acids is 1. The number of rotatable bonds is 2. The van der Waals surface area contributed by atoms with Gasteiger partial charge in [-0.3, -0.25) is 14.4 Å². The lowest BCUT2D eigenvalue weighted by Gasteiger charge is -2.23. The van der Waals surface area contributed by atoms with Gasteiger partial charge in [-0.2, -0.15) is 0 Å².